The number of piperidine rings is 1. The number of nitrogens with zero attached hydrogens (tertiary/aromatic N) is 2. The van der Waals surface area contributed by atoms with Crippen molar-refractivity contribution >= 4 is 31.9 Å². The Balaban J connectivity index is 1.09. The van der Waals surface area contributed by atoms with Gasteiger partial charge >= 0.3 is 5.69 Å². The van der Waals surface area contributed by atoms with Gasteiger partial charge in [0.1, 0.15) is 5.75 Å². The number of hydrogen-bond acceptors (Lipinski definition) is 7. The lowest BCUT2D eigenvalue weighted by atomic mass is 10.1. The Morgan fingerprint density at radius 1 is 1.12 bits per heavy atom. The first kappa shape index (κ1) is 23.3. The zero-order valence-corrected chi connectivity index (χ0v) is 20.1. The standard InChI is InChI=1S/C24H32N4O5S/c29-24-26-22-15-17-14-18(5-6-21(17)25-23(22)27-24)32-12-3-13-34(30,31)20-7-9-28(10-8-20)16-19-4-1-2-11-33-19/h5-6,14-15,19-20H,1-4,7-13,16H2,(H2,25,26,27,29). The molecule has 10 heteroatoms. The molecule has 0 spiro atoms. The molecule has 184 valence electrons. The van der Waals surface area contributed by atoms with E-state index in [4.69, 9.17) is 9.47 Å². The first-order chi connectivity index (χ1) is 16.5. The first-order valence-electron chi connectivity index (χ1n) is 12.2. The van der Waals surface area contributed by atoms with Crippen molar-refractivity contribution in [3.05, 3.63) is 34.7 Å². The molecule has 2 aliphatic heterocycles. The average molecular weight is 489 g/mol. The molecule has 0 bridgehead atoms. The third-order valence-corrected chi connectivity index (χ3v) is 9.23. The van der Waals surface area contributed by atoms with Crippen LogP contribution in [-0.4, -0.2) is 78.2 Å². The smallest absolute Gasteiger partial charge is 0.325 e. The van der Waals surface area contributed by atoms with Gasteiger partial charge in [-0.3, -0.25) is 4.98 Å². The van der Waals surface area contributed by atoms with E-state index in [0.717, 1.165) is 50.0 Å². The number of H-pyrrole nitrogens is 2. The fraction of sp³-hybridized carbons (Fsp3) is 0.583. The van der Waals surface area contributed by atoms with Crippen molar-refractivity contribution < 1.29 is 17.9 Å². The van der Waals surface area contributed by atoms with E-state index in [0.29, 0.717) is 48.9 Å². The molecule has 0 aliphatic carbocycles. The number of fused-ring (bicyclic) bond motifs is 2. The summed E-state index contributed by atoms with van der Waals surface area (Å²) in [5, 5.41) is 0.590. The van der Waals surface area contributed by atoms with Crippen LogP contribution in [0.2, 0.25) is 0 Å². The van der Waals surface area contributed by atoms with Crippen molar-refractivity contribution in [3.63, 3.8) is 0 Å². The minimum Gasteiger partial charge on any atom is -0.494 e. The number of likely N-dealkylation sites (tertiary alicyclic amines) is 1. The number of sulfone groups is 1. The van der Waals surface area contributed by atoms with E-state index >= 15 is 0 Å². The van der Waals surface area contributed by atoms with Crippen LogP contribution < -0.4 is 10.4 Å². The molecule has 2 saturated heterocycles. The van der Waals surface area contributed by atoms with Crippen molar-refractivity contribution in [1.29, 1.82) is 0 Å². The molecule has 2 N–H and O–H groups in total. The fourth-order valence-corrected chi connectivity index (χ4v) is 6.79. The maximum atomic E-state index is 12.9. The Kier molecular flexibility index (Phi) is 6.89. The van der Waals surface area contributed by atoms with Crippen molar-refractivity contribution in [2.45, 2.75) is 49.9 Å². The highest BCUT2D eigenvalue weighted by Gasteiger charge is 2.30. The Morgan fingerprint density at radius 3 is 2.76 bits per heavy atom. The molecule has 5 rings (SSSR count). The number of rotatable bonds is 8. The molecule has 1 unspecified atom stereocenters. The van der Waals surface area contributed by atoms with E-state index in [-0.39, 0.29) is 16.7 Å². The normalized spacial score (nSPS) is 20.8. The summed E-state index contributed by atoms with van der Waals surface area (Å²) in [6.45, 7) is 3.76. The van der Waals surface area contributed by atoms with Crippen LogP contribution >= 0.6 is 0 Å². The lowest BCUT2D eigenvalue weighted by molar-refractivity contribution is -0.00840. The zero-order chi connectivity index (χ0) is 23.5. The molecule has 4 heterocycles. The van der Waals surface area contributed by atoms with Gasteiger partial charge in [0.25, 0.3) is 0 Å². The maximum absolute atomic E-state index is 12.9. The van der Waals surface area contributed by atoms with Crippen LogP contribution in [0.4, 0.5) is 0 Å². The number of pyridine rings is 1. The number of aromatic nitrogens is 3. The number of benzene rings is 1. The van der Waals surface area contributed by atoms with Gasteiger partial charge in [-0.15, -0.1) is 0 Å². The second kappa shape index (κ2) is 10.1. The van der Waals surface area contributed by atoms with Crippen LogP contribution in [0.15, 0.2) is 29.1 Å². The number of imidazole rings is 1. The number of ether oxygens (including phenoxy) is 2. The molecule has 1 aromatic carbocycles. The second-order valence-corrected chi connectivity index (χ2v) is 11.8. The summed E-state index contributed by atoms with van der Waals surface area (Å²) in [4.78, 5) is 23.6. The largest absolute Gasteiger partial charge is 0.494 e. The molecule has 2 fully saturated rings. The van der Waals surface area contributed by atoms with E-state index in [1.165, 1.54) is 6.42 Å². The lowest BCUT2D eigenvalue weighted by Crippen LogP contribution is -2.44. The van der Waals surface area contributed by atoms with Gasteiger partial charge < -0.3 is 19.4 Å². The third-order valence-electron chi connectivity index (χ3n) is 6.89. The third kappa shape index (κ3) is 5.45. The van der Waals surface area contributed by atoms with Crippen molar-refractivity contribution in [2.24, 2.45) is 0 Å². The summed E-state index contributed by atoms with van der Waals surface area (Å²) in [6.07, 6.45) is 5.65. The van der Waals surface area contributed by atoms with Crippen molar-refractivity contribution in [1.82, 2.24) is 19.9 Å². The van der Waals surface area contributed by atoms with E-state index < -0.39 is 9.84 Å². The van der Waals surface area contributed by atoms with Crippen LogP contribution in [0.3, 0.4) is 0 Å². The minimum absolute atomic E-state index is 0.143. The van der Waals surface area contributed by atoms with Gasteiger partial charge in [-0.25, -0.2) is 18.2 Å². The molecule has 0 amide bonds. The van der Waals surface area contributed by atoms with Crippen LogP contribution in [0.25, 0.3) is 22.1 Å². The molecule has 1 atom stereocenters. The summed E-state index contributed by atoms with van der Waals surface area (Å²) in [5.74, 6) is 0.797. The highest BCUT2D eigenvalue weighted by atomic mass is 32.2. The van der Waals surface area contributed by atoms with Crippen LogP contribution in [-0.2, 0) is 14.6 Å². The summed E-state index contributed by atoms with van der Waals surface area (Å²) in [5.41, 5.74) is 1.61. The quantitative estimate of drug-likeness (QED) is 0.468. The molecule has 9 nitrogen and oxygen atoms in total. The maximum Gasteiger partial charge on any atom is 0.325 e. The molecular formula is C24H32N4O5S. The van der Waals surface area contributed by atoms with Gasteiger partial charge in [0.15, 0.2) is 15.5 Å². The Morgan fingerprint density at radius 2 is 1.97 bits per heavy atom. The van der Waals surface area contributed by atoms with E-state index in [1.807, 2.05) is 24.3 Å². The molecule has 3 aromatic rings. The molecule has 2 aromatic heterocycles. The van der Waals surface area contributed by atoms with Gasteiger partial charge in [0.05, 0.1) is 34.7 Å². The number of nitrogens with one attached hydrogen (secondary N) is 2. The Bertz CT molecular complexity index is 1290. The van der Waals surface area contributed by atoms with Gasteiger partial charge in [0.2, 0.25) is 0 Å². The van der Waals surface area contributed by atoms with Crippen LogP contribution in [0.1, 0.15) is 38.5 Å². The fourth-order valence-electron chi connectivity index (χ4n) is 5.00. The lowest BCUT2D eigenvalue weighted by Gasteiger charge is -2.35. The Labute approximate surface area is 198 Å². The molecule has 0 saturated carbocycles. The van der Waals surface area contributed by atoms with Gasteiger partial charge in [-0.2, -0.15) is 0 Å². The first-order valence-corrected chi connectivity index (χ1v) is 13.9. The summed E-state index contributed by atoms with van der Waals surface area (Å²) in [6, 6.07) is 7.34. The number of hydrogen-bond donors (Lipinski definition) is 2. The topological polar surface area (TPSA) is 117 Å². The van der Waals surface area contributed by atoms with Gasteiger partial charge in [-0.05, 0) is 75.9 Å². The predicted octanol–water partition coefficient (Wildman–Crippen LogP) is 2.62. The van der Waals surface area contributed by atoms with Crippen molar-refractivity contribution in [3.8, 4) is 5.75 Å². The van der Waals surface area contributed by atoms with E-state index in [2.05, 4.69) is 19.9 Å². The summed E-state index contributed by atoms with van der Waals surface area (Å²) < 4.78 is 37.4. The Hall–Kier alpha value is -2.43. The molecule has 2 aliphatic rings. The van der Waals surface area contributed by atoms with E-state index in [9.17, 15) is 13.2 Å². The molecular weight excluding hydrogens is 456 g/mol. The van der Waals surface area contributed by atoms with Crippen LogP contribution in [0.5, 0.6) is 5.75 Å². The monoisotopic (exact) mass is 488 g/mol. The number of aromatic amines is 2. The predicted molar refractivity (Wildman–Crippen MR) is 131 cm³/mol. The van der Waals surface area contributed by atoms with Crippen LogP contribution in [0, 0.1) is 0 Å². The van der Waals surface area contributed by atoms with E-state index in [1.54, 1.807) is 0 Å². The van der Waals surface area contributed by atoms with Crippen molar-refractivity contribution in [2.75, 3.05) is 38.6 Å². The minimum atomic E-state index is -3.14. The second-order valence-electron chi connectivity index (χ2n) is 9.38. The highest BCUT2D eigenvalue weighted by molar-refractivity contribution is 7.92. The highest BCUT2D eigenvalue weighted by Crippen LogP contribution is 2.24. The SMILES string of the molecule is O=c1[nH]c2cc3cc(OCCCS(=O)(=O)C4CCN(CC5CCCCO5)CC4)ccc3nc2[nH]1. The summed E-state index contributed by atoms with van der Waals surface area (Å²) in [7, 11) is -3.14. The summed E-state index contributed by atoms with van der Waals surface area (Å²) >= 11 is 0. The van der Waals surface area contributed by atoms with Gasteiger partial charge in [0, 0.05) is 18.5 Å². The zero-order valence-electron chi connectivity index (χ0n) is 19.3. The van der Waals surface area contributed by atoms with Gasteiger partial charge in [-0.1, -0.05) is 0 Å². The molecule has 34 heavy (non-hydrogen) atoms. The molecule has 0 radical (unpaired) electrons. The average Bonchev–Trinajstić information content (AvgIpc) is 3.20.